The Bertz CT molecular complexity index is 712. The van der Waals surface area contributed by atoms with Crippen molar-refractivity contribution < 1.29 is 4.79 Å². The van der Waals surface area contributed by atoms with Crippen LogP contribution < -0.4 is 5.32 Å². The minimum absolute atomic E-state index is 0.161. The molecular formula is C13H15N7O. The van der Waals surface area contributed by atoms with Gasteiger partial charge in [0.05, 0.1) is 6.20 Å². The number of aromatic amines is 1. The monoisotopic (exact) mass is 285 g/mol. The summed E-state index contributed by atoms with van der Waals surface area (Å²) in [6.07, 6.45) is 7.37. The molecule has 3 aromatic rings. The minimum atomic E-state index is -0.161. The van der Waals surface area contributed by atoms with Crippen LogP contribution in [-0.4, -0.2) is 42.0 Å². The molecule has 8 nitrogen and oxygen atoms in total. The first kappa shape index (κ1) is 13.1. The van der Waals surface area contributed by atoms with Crippen LogP contribution in [0.25, 0.3) is 5.82 Å². The first-order valence-electron chi connectivity index (χ1n) is 6.53. The standard InChI is InChI=1S/C13H15N7O/c1-19-13(20-6-2-3-7-20)10(8-17-19)12(21)14-5-4-11-15-9-16-18-11/h2-3,6-9H,4-5H2,1H3,(H,14,21)(H,15,16,18). The topological polar surface area (TPSA) is 93.4 Å². The van der Waals surface area contributed by atoms with E-state index in [-0.39, 0.29) is 5.91 Å². The quantitative estimate of drug-likeness (QED) is 0.705. The van der Waals surface area contributed by atoms with Crippen LogP contribution in [0.2, 0.25) is 0 Å². The fraction of sp³-hybridized carbons (Fsp3) is 0.231. The Morgan fingerprint density at radius 1 is 1.38 bits per heavy atom. The van der Waals surface area contributed by atoms with Crippen LogP contribution in [0.5, 0.6) is 0 Å². The van der Waals surface area contributed by atoms with Crippen molar-refractivity contribution in [3.8, 4) is 5.82 Å². The maximum Gasteiger partial charge on any atom is 0.256 e. The molecule has 0 saturated heterocycles. The van der Waals surface area contributed by atoms with Gasteiger partial charge in [0.15, 0.2) is 0 Å². The summed E-state index contributed by atoms with van der Waals surface area (Å²) >= 11 is 0. The lowest BCUT2D eigenvalue weighted by Gasteiger charge is -2.07. The molecule has 3 heterocycles. The number of rotatable bonds is 5. The smallest absolute Gasteiger partial charge is 0.256 e. The molecule has 0 fully saturated rings. The number of aryl methyl sites for hydroxylation is 1. The summed E-state index contributed by atoms with van der Waals surface area (Å²) in [7, 11) is 1.81. The first-order valence-corrected chi connectivity index (χ1v) is 6.53. The largest absolute Gasteiger partial charge is 0.351 e. The number of carbonyl (C=O) groups is 1. The molecule has 0 unspecified atom stereocenters. The molecule has 0 atom stereocenters. The molecule has 8 heteroatoms. The number of nitrogens with one attached hydrogen (secondary N) is 2. The highest BCUT2D eigenvalue weighted by molar-refractivity contribution is 5.97. The zero-order chi connectivity index (χ0) is 14.7. The molecular weight excluding hydrogens is 270 g/mol. The zero-order valence-corrected chi connectivity index (χ0v) is 11.5. The van der Waals surface area contributed by atoms with Crippen molar-refractivity contribution in [2.75, 3.05) is 6.54 Å². The van der Waals surface area contributed by atoms with Crippen molar-refractivity contribution in [3.05, 3.63) is 48.4 Å². The maximum atomic E-state index is 12.3. The molecule has 3 rings (SSSR count). The predicted octanol–water partition coefficient (Wildman–Crippen LogP) is 0.301. The predicted molar refractivity (Wildman–Crippen MR) is 75.0 cm³/mol. The molecule has 0 aliphatic rings. The Kier molecular flexibility index (Phi) is 3.50. The van der Waals surface area contributed by atoms with Gasteiger partial charge in [-0.1, -0.05) is 0 Å². The highest BCUT2D eigenvalue weighted by Gasteiger charge is 2.16. The van der Waals surface area contributed by atoms with E-state index >= 15 is 0 Å². The number of nitrogens with zero attached hydrogens (tertiary/aromatic N) is 5. The molecule has 0 aliphatic heterocycles. The van der Waals surface area contributed by atoms with Gasteiger partial charge >= 0.3 is 0 Å². The minimum Gasteiger partial charge on any atom is -0.351 e. The molecule has 0 bridgehead atoms. The number of hydrogen-bond donors (Lipinski definition) is 2. The highest BCUT2D eigenvalue weighted by Crippen LogP contribution is 2.13. The van der Waals surface area contributed by atoms with Crippen LogP contribution in [0.15, 0.2) is 37.1 Å². The molecule has 1 amide bonds. The van der Waals surface area contributed by atoms with Gasteiger partial charge < -0.3 is 9.88 Å². The fourth-order valence-electron chi connectivity index (χ4n) is 2.11. The van der Waals surface area contributed by atoms with E-state index in [9.17, 15) is 4.79 Å². The zero-order valence-electron chi connectivity index (χ0n) is 11.5. The second-order valence-electron chi connectivity index (χ2n) is 4.53. The van der Waals surface area contributed by atoms with Gasteiger partial charge in [-0.3, -0.25) is 14.6 Å². The van der Waals surface area contributed by atoms with E-state index in [1.54, 1.807) is 17.9 Å². The summed E-state index contributed by atoms with van der Waals surface area (Å²) in [6.45, 7) is 0.480. The van der Waals surface area contributed by atoms with E-state index in [4.69, 9.17) is 0 Å². The molecule has 0 aliphatic carbocycles. The van der Waals surface area contributed by atoms with E-state index in [2.05, 4.69) is 25.6 Å². The van der Waals surface area contributed by atoms with E-state index in [1.165, 1.54) is 6.33 Å². The number of hydrogen-bond acceptors (Lipinski definition) is 4. The van der Waals surface area contributed by atoms with Crippen molar-refractivity contribution >= 4 is 5.91 Å². The van der Waals surface area contributed by atoms with Gasteiger partial charge in [0.1, 0.15) is 23.5 Å². The number of amides is 1. The van der Waals surface area contributed by atoms with Crippen LogP contribution >= 0.6 is 0 Å². The van der Waals surface area contributed by atoms with Crippen molar-refractivity contribution in [3.63, 3.8) is 0 Å². The SMILES string of the molecule is Cn1ncc(C(=O)NCCc2ncn[nH]2)c1-n1cccc1. The Morgan fingerprint density at radius 2 is 2.19 bits per heavy atom. The van der Waals surface area contributed by atoms with Gasteiger partial charge in [0.25, 0.3) is 5.91 Å². The van der Waals surface area contributed by atoms with Crippen molar-refractivity contribution in [1.82, 2.24) is 34.8 Å². The molecule has 108 valence electrons. The van der Waals surface area contributed by atoms with E-state index < -0.39 is 0 Å². The average molecular weight is 285 g/mol. The summed E-state index contributed by atoms with van der Waals surface area (Å²) in [5, 5.41) is 13.5. The Hall–Kier alpha value is -2.90. The Morgan fingerprint density at radius 3 is 2.90 bits per heavy atom. The van der Waals surface area contributed by atoms with Crippen molar-refractivity contribution in [2.24, 2.45) is 7.05 Å². The molecule has 0 spiro atoms. The first-order chi connectivity index (χ1) is 10.3. The summed E-state index contributed by atoms with van der Waals surface area (Å²) in [4.78, 5) is 16.3. The Balaban J connectivity index is 1.70. The second-order valence-corrected chi connectivity index (χ2v) is 4.53. The van der Waals surface area contributed by atoms with Crippen LogP contribution in [-0.2, 0) is 13.5 Å². The molecule has 2 N–H and O–H groups in total. The Labute approximate surface area is 120 Å². The van der Waals surface area contributed by atoms with Gasteiger partial charge in [-0.2, -0.15) is 10.2 Å². The van der Waals surface area contributed by atoms with Gasteiger partial charge in [-0.05, 0) is 12.1 Å². The van der Waals surface area contributed by atoms with Crippen molar-refractivity contribution in [1.29, 1.82) is 0 Å². The third-order valence-corrected chi connectivity index (χ3v) is 3.11. The van der Waals surface area contributed by atoms with Gasteiger partial charge in [-0.25, -0.2) is 4.98 Å². The second kappa shape index (κ2) is 5.61. The van der Waals surface area contributed by atoms with E-state index in [0.29, 0.717) is 18.5 Å². The summed E-state index contributed by atoms with van der Waals surface area (Å²) in [5.41, 5.74) is 0.534. The molecule has 0 radical (unpaired) electrons. The van der Waals surface area contributed by atoms with Crippen LogP contribution in [0.4, 0.5) is 0 Å². The summed E-state index contributed by atoms with van der Waals surface area (Å²) in [5.74, 6) is 1.32. The molecule has 0 aromatic carbocycles. The van der Waals surface area contributed by atoms with Crippen LogP contribution in [0.1, 0.15) is 16.2 Å². The highest BCUT2D eigenvalue weighted by atomic mass is 16.1. The summed E-state index contributed by atoms with van der Waals surface area (Å²) in [6, 6.07) is 3.80. The molecule has 21 heavy (non-hydrogen) atoms. The van der Waals surface area contributed by atoms with Gasteiger partial charge in [-0.15, -0.1) is 0 Å². The van der Waals surface area contributed by atoms with E-state index in [0.717, 1.165) is 11.6 Å². The molecule has 0 saturated carbocycles. The lowest BCUT2D eigenvalue weighted by molar-refractivity contribution is 0.0954. The maximum absolute atomic E-state index is 12.3. The lowest BCUT2D eigenvalue weighted by atomic mass is 10.3. The van der Waals surface area contributed by atoms with Crippen LogP contribution in [0.3, 0.4) is 0 Å². The third kappa shape index (κ3) is 2.69. The normalized spacial score (nSPS) is 10.7. The number of carbonyl (C=O) groups excluding carboxylic acids is 1. The lowest BCUT2D eigenvalue weighted by Crippen LogP contribution is -2.26. The number of H-pyrrole nitrogens is 1. The van der Waals surface area contributed by atoms with Gasteiger partial charge in [0, 0.05) is 32.4 Å². The summed E-state index contributed by atoms with van der Waals surface area (Å²) < 4.78 is 3.53. The fourth-order valence-corrected chi connectivity index (χ4v) is 2.11. The van der Waals surface area contributed by atoms with Crippen LogP contribution in [0, 0.1) is 0 Å². The molecule has 3 aromatic heterocycles. The number of aromatic nitrogens is 6. The third-order valence-electron chi connectivity index (χ3n) is 3.11. The van der Waals surface area contributed by atoms with Gasteiger partial charge in [0.2, 0.25) is 0 Å². The van der Waals surface area contributed by atoms with E-state index in [1.807, 2.05) is 29.1 Å². The average Bonchev–Trinajstić information content (AvgIpc) is 3.18. The van der Waals surface area contributed by atoms with Crippen molar-refractivity contribution in [2.45, 2.75) is 6.42 Å².